The number of unbranched alkanes of at least 4 members (excludes halogenated alkanes) is 1. The molecular formula is C15H18O. The summed E-state index contributed by atoms with van der Waals surface area (Å²) >= 11 is 0. The molecule has 2 rings (SSSR count). The zero-order chi connectivity index (χ0) is 11.5. The highest BCUT2D eigenvalue weighted by atomic mass is 16.3. The monoisotopic (exact) mass is 214 g/mol. The SMILES string of the molecule is CCCCc1c(O)cc2ccccc2c1C. The van der Waals surface area contributed by atoms with Crippen molar-refractivity contribution >= 4 is 10.8 Å². The average Bonchev–Trinajstić information content (AvgIpc) is 2.29. The van der Waals surface area contributed by atoms with E-state index in [1.165, 1.54) is 10.9 Å². The molecule has 0 aliphatic heterocycles. The molecule has 1 nitrogen and oxygen atoms in total. The Balaban J connectivity index is 2.56. The Kier molecular flexibility index (Phi) is 3.14. The minimum absolute atomic E-state index is 0.449. The molecule has 1 heteroatoms. The Morgan fingerprint density at radius 1 is 1.19 bits per heavy atom. The normalized spacial score (nSPS) is 10.9. The van der Waals surface area contributed by atoms with Crippen molar-refractivity contribution in [2.75, 3.05) is 0 Å². The van der Waals surface area contributed by atoms with Gasteiger partial charge < -0.3 is 5.11 Å². The summed E-state index contributed by atoms with van der Waals surface area (Å²) in [7, 11) is 0. The molecule has 0 aromatic heterocycles. The van der Waals surface area contributed by atoms with Crippen LogP contribution in [0.3, 0.4) is 0 Å². The maximum Gasteiger partial charge on any atom is 0.119 e. The third-order valence-corrected chi connectivity index (χ3v) is 3.20. The van der Waals surface area contributed by atoms with Gasteiger partial charge in [0.05, 0.1) is 0 Å². The van der Waals surface area contributed by atoms with Gasteiger partial charge in [0.15, 0.2) is 0 Å². The highest BCUT2D eigenvalue weighted by Crippen LogP contribution is 2.30. The molecule has 1 N–H and O–H groups in total. The van der Waals surface area contributed by atoms with Crippen molar-refractivity contribution in [1.82, 2.24) is 0 Å². The summed E-state index contributed by atoms with van der Waals surface area (Å²) in [6.45, 7) is 4.28. The molecule has 2 aromatic rings. The van der Waals surface area contributed by atoms with Gasteiger partial charge in [-0.2, -0.15) is 0 Å². The minimum atomic E-state index is 0.449. The largest absolute Gasteiger partial charge is 0.508 e. The molecule has 16 heavy (non-hydrogen) atoms. The summed E-state index contributed by atoms with van der Waals surface area (Å²) in [5, 5.41) is 12.4. The lowest BCUT2D eigenvalue weighted by molar-refractivity contribution is 0.467. The van der Waals surface area contributed by atoms with Gasteiger partial charge in [0.2, 0.25) is 0 Å². The first-order chi connectivity index (χ1) is 7.74. The molecule has 0 saturated carbocycles. The van der Waals surface area contributed by atoms with E-state index >= 15 is 0 Å². The zero-order valence-electron chi connectivity index (χ0n) is 9.96. The Morgan fingerprint density at radius 3 is 2.69 bits per heavy atom. The Labute approximate surface area is 96.7 Å². The summed E-state index contributed by atoms with van der Waals surface area (Å²) in [5.74, 6) is 0.449. The summed E-state index contributed by atoms with van der Waals surface area (Å²) in [6, 6.07) is 10.1. The summed E-state index contributed by atoms with van der Waals surface area (Å²) < 4.78 is 0. The van der Waals surface area contributed by atoms with Gasteiger partial charge in [0.1, 0.15) is 5.75 Å². The van der Waals surface area contributed by atoms with Crippen molar-refractivity contribution in [2.45, 2.75) is 33.1 Å². The van der Waals surface area contributed by atoms with Crippen LogP contribution >= 0.6 is 0 Å². The molecule has 0 amide bonds. The van der Waals surface area contributed by atoms with Gasteiger partial charge in [0, 0.05) is 0 Å². The van der Waals surface area contributed by atoms with Crippen molar-refractivity contribution in [1.29, 1.82) is 0 Å². The van der Waals surface area contributed by atoms with Crippen LogP contribution in [-0.2, 0) is 6.42 Å². The Bertz CT molecular complexity index is 500. The van der Waals surface area contributed by atoms with E-state index < -0.39 is 0 Å². The molecule has 84 valence electrons. The van der Waals surface area contributed by atoms with E-state index in [1.54, 1.807) is 0 Å². The molecule has 0 unspecified atom stereocenters. The fourth-order valence-electron chi connectivity index (χ4n) is 2.22. The van der Waals surface area contributed by atoms with Gasteiger partial charge in [-0.3, -0.25) is 0 Å². The lowest BCUT2D eigenvalue weighted by Gasteiger charge is -2.11. The average molecular weight is 214 g/mol. The number of fused-ring (bicyclic) bond motifs is 1. The first kappa shape index (κ1) is 11.0. The van der Waals surface area contributed by atoms with Crippen LogP contribution in [0.5, 0.6) is 5.75 Å². The van der Waals surface area contributed by atoms with E-state index in [4.69, 9.17) is 0 Å². The lowest BCUT2D eigenvalue weighted by atomic mass is 9.96. The number of aromatic hydroxyl groups is 1. The van der Waals surface area contributed by atoms with E-state index in [0.717, 1.165) is 30.2 Å². The summed E-state index contributed by atoms with van der Waals surface area (Å²) in [6.07, 6.45) is 3.26. The van der Waals surface area contributed by atoms with Crippen molar-refractivity contribution in [2.24, 2.45) is 0 Å². The van der Waals surface area contributed by atoms with E-state index in [0.29, 0.717) is 5.75 Å². The number of phenolic OH excluding ortho intramolecular Hbond substituents is 1. The van der Waals surface area contributed by atoms with E-state index in [1.807, 2.05) is 18.2 Å². The molecule has 2 aromatic carbocycles. The van der Waals surface area contributed by atoms with Crippen molar-refractivity contribution in [3.05, 3.63) is 41.5 Å². The molecule has 0 bridgehead atoms. The second kappa shape index (κ2) is 4.56. The molecule has 0 aliphatic rings. The van der Waals surface area contributed by atoms with Crippen LogP contribution in [0, 0.1) is 6.92 Å². The van der Waals surface area contributed by atoms with E-state index in [2.05, 4.69) is 26.0 Å². The van der Waals surface area contributed by atoms with Crippen LogP contribution in [0.2, 0.25) is 0 Å². The summed E-state index contributed by atoms with van der Waals surface area (Å²) in [5.41, 5.74) is 2.34. The fraction of sp³-hybridized carbons (Fsp3) is 0.333. The molecule has 0 fully saturated rings. The molecule has 0 saturated heterocycles. The van der Waals surface area contributed by atoms with Crippen LogP contribution in [0.15, 0.2) is 30.3 Å². The molecule has 0 radical (unpaired) electrons. The second-order valence-electron chi connectivity index (χ2n) is 4.32. The minimum Gasteiger partial charge on any atom is -0.508 e. The fourth-order valence-corrected chi connectivity index (χ4v) is 2.22. The smallest absolute Gasteiger partial charge is 0.119 e. The van der Waals surface area contributed by atoms with Crippen molar-refractivity contribution in [3.8, 4) is 5.75 Å². The first-order valence-electron chi connectivity index (χ1n) is 5.94. The highest BCUT2D eigenvalue weighted by molar-refractivity contribution is 5.88. The van der Waals surface area contributed by atoms with Crippen LogP contribution < -0.4 is 0 Å². The molecule has 0 aliphatic carbocycles. The topological polar surface area (TPSA) is 20.2 Å². The zero-order valence-corrected chi connectivity index (χ0v) is 9.96. The van der Waals surface area contributed by atoms with Gasteiger partial charge in [-0.05, 0) is 47.7 Å². The number of aryl methyl sites for hydroxylation is 1. The van der Waals surface area contributed by atoms with Crippen LogP contribution in [-0.4, -0.2) is 5.11 Å². The third-order valence-electron chi connectivity index (χ3n) is 3.20. The summed E-state index contributed by atoms with van der Waals surface area (Å²) in [4.78, 5) is 0. The predicted molar refractivity (Wildman–Crippen MR) is 69.0 cm³/mol. The van der Waals surface area contributed by atoms with Crippen LogP contribution in [0.4, 0.5) is 0 Å². The standard InChI is InChI=1S/C15H18O/c1-3-4-8-14-11(2)13-9-6-5-7-12(13)10-15(14)16/h5-7,9-10,16H,3-4,8H2,1-2H3. The molecule has 0 spiro atoms. The number of hydrogen-bond acceptors (Lipinski definition) is 1. The molecular weight excluding hydrogens is 196 g/mol. The molecule has 0 heterocycles. The van der Waals surface area contributed by atoms with E-state index in [9.17, 15) is 5.11 Å². The lowest BCUT2D eigenvalue weighted by Crippen LogP contribution is -1.92. The number of rotatable bonds is 3. The van der Waals surface area contributed by atoms with Crippen LogP contribution in [0.1, 0.15) is 30.9 Å². The van der Waals surface area contributed by atoms with Crippen molar-refractivity contribution < 1.29 is 5.11 Å². The van der Waals surface area contributed by atoms with Gasteiger partial charge >= 0.3 is 0 Å². The Morgan fingerprint density at radius 2 is 1.94 bits per heavy atom. The maximum absolute atomic E-state index is 10.0. The van der Waals surface area contributed by atoms with Gasteiger partial charge in [-0.1, -0.05) is 37.6 Å². The number of phenols is 1. The van der Waals surface area contributed by atoms with Gasteiger partial charge in [0.25, 0.3) is 0 Å². The first-order valence-corrected chi connectivity index (χ1v) is 5.94. The van der Waals surface area contributed by atoms with E-state index in [-0.39, 0.29) is 0 Å². The van der Waals surface area contributed by atoms with Crippen molar-refractivity contribution in [3.63, 3.8) is 0 Å². The third kappa shape index (κ3) is 1.90. The van der Waals surface area contributed by atoms with Crippen LogP contribution in [0.25, 0.3) is 10.8 Å². The van der Waals surface area contributed by atoms with Gasteiger partial charge in [-0.25, -0.2) is 0 Å². The highest BCUT2D eigenvalue weighted by Gasteiger charge is 2.08. The molecule has 0 atom stereocenters. The predicted octanol–water partition coefficient (Wildman–Crippen LogP) is 4.20. The number of benzene rings is 2. The Hall–Kier alpha value is -1.50. The number of hydrogen-bond donors (Lipinski definition) is 1. The maximum atomic E-state index is 10.0. The quantitative estimate of drug-likeness (QED) is 0.812. The van der Waals surface area contributed by atoms with Gasteiger partial charge in [-0.15, -0.1) is 0 Å². The second-order valence-corrected chi connectivity index (χ2v) is 4.32.